The maximum atomic E-state index is 10.9. The Labute approximate surface area is 105 Å². The van der Waals surface area contributed by atoms with Crippen LogP contribution in [0.1, 0.15) is 19.8 Å². The van der Waals surface area contributed by atoms with Gasteiger partial charge in [0.2, 0.25) is 0 Å². The van der Waals surface area contributed by atoms with Crippen molar-refractivity contribution in [2.45, 2.75) is 31.1 Å². The van der Waals surface area contributed by atoms with Crippen LogP contribution in [-0.4, -0.2) is 22.0 Å². The van der Waals surface area contributed by atoms with E-state index in [4.69, 9.17) is 0 Å². The minimum absolute atomic E-state index is 0.162. The van der Waals surface area contributed by atoms with Crippen molar-refractivity contribution in [3.63, 3.8) is 0 Å². The van der Waals surface area contributed by atoms with Gasteiger partial charge in [0, 0.05) is 17.4 Å². The van der Waals surface area contributed by atoms with Crippen molar-refractivity contribution < 1.29 is 4.92 Å². The van der Waals surface area contributed by atoms with Crippen molar-refractivity contribution in [3.8, 4) is 0 Å². The largest absolute Gasteiger partial charge is 0.376 e. The molecule has 1 heterocycles. The molecule has 0 amide bonds. The number of nitrogens with one attached hydrogen (secondary N) is 1. The van der Waals surface area contributed by atoms with E-state index < -0.39 is 0 Å². The van der Waals surface area contributed by atoms with Crippen LogP contribution >= 0.6 is 11.8 Å². The average molecular weight is 252 g/mol. The number of anilines is 1. The van der Waals surface area contributed by atoms with E-state index in [0.29, 0.717) is 17.0 Å². The normalized spacial score (nSPS) is 24.3. The zero-order valence-corrected chi connectivity index (χ0v) is 10.6. The van der Waals surface area contributed by atoms with Gasteiger partial charge < -0.3 is 5.32 Å². The van der Waals surface area contributed by atoms with Crippen LogP contribution < -0.4 is 5.32 Å². The van der Waals surface area contributed by atoms with E-state index >= 15 is 0 Å². The minimum Gasteiger partial charge on any atom is -0.376 e. The Morgan fingerprint density at radius 1 is 1.47 bits per heavy atom. The van der Waals surface area contributed by atoms with Crippen LogP contribution in [0.5, 0.6) is 0 Å². The molecule has 1 N–H and O–H groups in total. The molecule has 2 rings (SSSR count). The number of benzene rings is 1. The monoisotopic (exact) mass is 252 g/mol. The SMILES string of the molecule is CC1SCCCC1Nc1ccccc1[N+](=O)[O-]. The number of rotatable bonds is 3. The summed E-state index contributed by atoms with van der Waals surface area (Å²) in [5, 5.41) is 14.7. The second-order valence-electron chi connectivity index (χ2n) is 4.24. The topological polar surface area (TPSA) is 55.2 Å². The molecule has 1 aliphatic rings. The van der Waals surface area contributed by atoms with Gasteiger partial charge in [-0.05, 0) is 24.7 Å². The first-order valence-corrected chi connectivity index (χ1v) is 6.85. The molecular weight excluding hydrogens is 236 g/mol. The summed E-state index contributed by atoms with van der Waals surface area (Å²) in [6.45, 7) is 2.18. The van der Waals surface area contributed by atoms with Gasteiger partial charge in [0.15, 0.2) is 0 Å². The van der Waals surface area contributed by atoms with Gasteiger partial charge in [-0.15, -0.1) is 0 Å². The molecular formula is C12H16N2O2S. The van der Waals surface area contributed by atoms with Gasteiger partial charge in [0.05, 0.1) is 4.92 Å². The van der Waals surface area contributed by atoms with Crippen LogP contribution in [0.3, 0.4) is 0 Å². The lowest BCUT2D eigenvalue weighted by molar-refractivity contribution is -0.384. The number of nitro groups is 1. The summed E-state index contributed by atoms with van der Waals surface area (Å²) >= 11 is 1.93. The van der Waals surface area contributed by atoms with E-state index in [-0.39, 0.29) is 10.6 Å². The zero-order valence-electron chi connectivity index (χ0n) is 9.76. The van der Waals surface area contributed by atoms with Gasteiger partial charge in [-0.25, -0.2) is 0 Å². The minimum atomic E-state index is -0.330. The number of thioether (sulfide) groups is 1. The molecule has 0 radical (unpaired) electrons. The summed E-state index contributed by atoms with van der Waals surface area (Å²) in [6.07, 6.45) is 2.26. The Kier molecular flexibility index (Phi) is 3.89. The number of para-hydroxylation sites is 2. The highest BCUT2D eigenvalue weighted by Crippen LogP contribution is 2.30. The lowest BCUT2D eigenvalue weighted by Gasteiger charge is -2.29. The van der Waals surface area contributed by atoms with E-state index in [1.54, 1.807) is 18.2 Å². The summed E-state index contributed by atoms with van der Waals surface area (Å²) in [5.41, 5.74) is 0.798. The van der Waals surface area contributed by atoms with Gasteiger partial charge in [-0.1, -0.05) is 19.1 Å². The van der Waals surface area contributed by atoms with Crippen LogP contribution in [0, 0.1) is 10.1 Å². The Morgan fingerprint density at radius 3 is 2.94 bits per heavy atom. The molecule has 5 heteroatoms. The Bertz CT molecular complexity index is 411. The fourth-order valence-electron chi connectivity index (χ4n) is 2.07. The Morgan fingerprint density at radius 2 is 2.24 bits per heavy atom. The molecule has 0 spiro atoms. The van der Waals surface area contributed by atoms with Gasteiger partial charge in [0.1, 0.15) is 5.69 Å². The lowest BCUT2D eigenvalue weighted by Crippen LogP contribution is -2.32. The third kappa shape index (κ3) is 2.91. The van der Waals surface area contributed by atoms with Crippen molar-refractivity contribution in [2.75, 3.05) is 11.1 Å². The van der Waals surface area contributed by atoms with E-state index in [1.807, 2.05) is 17.8 Å². The van der Waals surface area contributed by atoms with Crippen LogP contribution in [0.4, 0.5) is 11.4 Å². The summed E-state index contributed by atoms with van der Waals surface area (Å²) < 4.78 is 0. The molecule has 2 atom stereocenters. The second kappa shape index (κ2) is 5.40. The number of nitro benzene ring substituents is 1. The number of nitrogens with zero attached hydrogens (tertiary/aromatic N) is 1. The van der Waals surface area contributed by atoms with Crippen molar-refractivity contribution in [2.24, 2.45) is 0 Å². The highest BCUT2D eigenvalue weighted by atomic mass is 32.2. The molecule has 1 aliphatic heterocycles. The molecule has 1 aromatic rings. The maximum absolute atomic E-state index is 10.9. The molecule has 4 nitrogen and oxygen atoms in total. The highest BCUT2D eigenvalue weighted by Gasteiger charge is 2.24. The summed E-state index contributed by atoms with van der Waals surface area (Å²) in [5.74, 6) is 1.19. The standard InChI is InChI=1S/C12H16N2O2S/c1-9-10(6-4-8-17-9)13-11-5-2-3-7-12(11)14(15)16/h2-3,5,7,9-10,13H,4,6,8H2,1H3. The first-order chi connectivity index (χ1) is 8.18. The fraction of sp³-hybridized carbons (Fsp3) is 0.500. The van der Waals surface area contributed by atoms with Crippen molar-refractivity contribution >= 4 is 23.1 Å². The molecule has 0 aliphatic carbocycles. The lowest BCUT2D eigenvalue weighted by atomic mass is 10.1. The smallest absolute Gasteiger partial charge is 0.292 e. The quantitative estimate of drug-likeness (QED) is 0.662. The molecule has 1 saturated heterocycles. The van der Waals surface area contributed by atoms with Gasteiger partial charge in [-0.3, -0.25) is 10.1 Å². The first kappa shape index (κ1) is 12.2. The van der Waals surface area contributed by atoms with Gasteiger partial charge in [0.25, 0.3) is 5.69 Å². The molecule has 1 aromatic carbocycles. The van der Waals surface area contributed by atoms with Crippen LogP contribution in [0.2, 0.25) is 0 Å². The third-order valence-electron chi connectivity index (χ3n) is 3.05. The maximum Gasteiger partial charge on any atom is 0.292 e. The van der Waals surface area contributed by atoms with E-state index in [9.17, 15) is 10.1 Å². The number of hydrogen-bond acceptors (Lipinski definition) is 4. The first-order valence-electron chi connectivity index (χ1n) is 5.80. The summed E-state index contributed by atoms with van der Waals surface area (Å²) in [4.78, 5) is 10.6. The Hall–Kier alpha value is -1.23. The third-order valence-corrected chi connectivity index (χ3v) is 4.43. The molecule has 0 bridgehead atoms. The van der Waals surface area contributed by atoms with Gasteiger partial charge >= 0.3 is 0 Å². The van der Waals surface area contributed by atoms with Gasteiger partial charge in [-0.2, -0.15) is 11.8 Å². The molecule has 0 saturated carbocycles. The van der Waals surface area contributed by atoms with Crippen molar-refractivity contribution in [1.82, 2.24) is 0 Å². The second-order valence-corrected chi connectivity index (χ2v) is 5.73. The van der Waals surface area contributed by atoms with Crippen molar-refractivity contribution in [3.05, 3.63) is 34.4 Å². The molecule has 0 aromatic heterocycles. The van der Waals surface area contributed by atoms with Crippen LogP contribution in [-0.2, 0) is 0 Å². The van der Waals surface area contributed by atoms with E-state index in [1.165, 1.54) is 12.2 Å². The molecule has 92 valence electrons. The zero-order chi connectivity index (χ0) is 12.3. The van der Waals surface area contributed by atoms with Crippen LogP contribution in [0.25, 0.3) is 0 Å². The van der Waals surface area contributed by atoms with Crippen LogP contribution in [0.15, 0.2) is 24.3 Å². The molecule has 1 fully saturated rings. The summed E-state index contributed by atoms with van der Waals surface area (Å²) in [7, 11) is 0. The average Bonchev–Trinajstić information content (AvgIpc) is 2.32. The predicted octanol–water partition coefficient (Wildman–Crippen LogP) is 3.29. The Balaban J connectivity index is 2.14. The number of hydrogen-bond donors (Lipinski definition) is 1. The summed E-state index contributed by atoms with van der Waals surface area (Å²) in [6, 6.07) is 7.18. The molecule has 17 heavy (non-hydrogen) atoms. The van der Waals surface area contributed by atoms with E-state index in [0.717, 1.165) is 6.42 Å². The molecule has 2 unspecified atom stereocenters. The highest BCUT2D eigenvalue weighted by molar-refractivity contribution is 8.00. The predicted molar refractivity (Wildman–Crippen MR) is 71.7 cm³/mol. The van der Waals surface area contributed by atoms with E-state index in [2.05, 4.69) is 12.2 Å². The van der Waals surface area contributed by atoms with Crippen molar-refractivity contribution in [1.29, 1.82) is 0 Å². The fourth-order valence-corrected chi connectivity index (χ4v) is 3.21.